The van der Waals surface area contributed by atoms with Crippen LogP contribution < -0.4 is 10.9 Å². The van der Waals surface area contributed by atoms with Gasteiger partial charge in [-0.1, -0.05) is 30.0 Å². The SMILES string of the molecule is COCCCNc1nc2c(C)cccn2c(=O)c1/C=C1/SC(=S)N(Cc2ccco2)C1=O. The maximum atomic E-state index is 13.3. The predicted octanol–water partition coefficient (Wildman–Crippen LogP) is 3.45. The number of carbonyl (C=O) groups excluding carboxylic acids is 1. The van der Waals surface area contributed by atoms with Gasteiger partial charge in [-0.3, -0.25) is 18.9 Å². The van der Waals surface area contributed by atoms with E-state index < -0.39 is 0 Å². The Morgan fingerprint density at radius 3 is 2.91 bits per heavy atom. The van der Waals surface area contributed by atoms with Gasteiger partial charge in [0.1, 0.15) is 21.5 Å². The van der Waals surface area contributed by atoms with Crippen molar-refractivity contribution in [2.24, 2.45) is 0 Å². The van der Waals surface area contributed by atoms with E-state index in [4.69, 9.17) is 21.4 Å². The summed E-state index contributed by atoms with van der Waals surface area (Å²) in [5, 5.41) is 3.22. The number of anilines is 1. The summed E-state index contributed by atoms with van der Waals surface area (Å²) in [5.74, 6) is 0.790. The normalized spacial score (nSPS) is 15.3. The van der Waals surface area contributed by atoms with E-state index in [0.717, 1.165) is 23.7 Å². The van der Waals surface area contributed by atoms with E-state index in [1.54, 1.807) is 43.8 Å². The Hall–Kier alpha value is -2.95. The summed E-state index contributed by atoms with van der Waals surface area (Å²) in [4.78, 5) is 32.9. The second-order valence-electron chi connectivity index (χ2n) is 7.18. The van der Waals surface area contributed by atoms with Crippen molar-refractivity contribution in [3.8, 4) is 0 Å². The molecule has 3 aromatic heterocycles. The van der Waals surface area contributed by atoms with E-state index in [1.165, 1.54) is 9.30 Å². The third kappa shape index (κ3) is 4.47. The van der Waals surface area contributed by atoms with Gasteiger partial charge in [0.2, 0.25) is 0 Å². The van der Waals surface area contributed by atoms with Crippen LogP contribution in [0.2, 0.25) is 0 Å². The number of furan rings is 1. The van der Waals surface area contributed by atoms with Crippen molar-refractivity contribution in [3.05, 3.63) is 68.9 Å². The summed E-state index contributed by atoms with van der Waals surface area (Å²) in [6.07, 6.45) is 5.54. The molecule has 32 heavy (non-hydrogen) atoms. The number of ether oxygens (including phenoxy) is 1. The topological polar surface area (TPSA) is 89.1 Å². The lowest BCUT2D eigenvalue weighted by Crippen LogP contribution is -2.27. The molecule has 4 rings (SSSR count). The van der Waals surface area contributed by atoms with E-state index in [-0.39, 0.29) is 18.0 Å². The highest BCUT2D eigenvalue weighted by atomic mass is 32.2. The number of nitrogens with zero attached hydrogens (tertiary/aromatic N) is 3. The van der Waals surface area contributed by atoms with Gasteiger partial charge in [0.05, 0.1) is 23.3 Å². The van der Waals surface area contributed by atoms with E-state index in [9.17, 15) is 9.59 Å². The molecule has 0 aromatic carbocycles. The standard InChI is InChI=1S/C22H22N4O4S2/c1-14-6-3-9-25-19(14)24-18(23-8-5-10-29-2)16(20(25)27)12-17-21(28)26(22(31)32-17)13-15-7-4-11-30-15/h3-4,6-7,9,11-12,23H,5,8,10,13H2,1-2H3/b17-12+. The lowest BCUT2D eigenvalue weighted by molar-refractivity contribution is -0.122. The first kappa shape index (κ1) is 22.3. The fourth-order valence-electron chi connectivity index (χ4n) is 3.33. The Labute approximate surface area is 194 Å². The van der Waals surface area contributed by atoms with Crippen LogP contribution in [0.5, 0.6) is 0 Å². The van der Waals surface area contributed by atoms with Crippen LogP contribution in [0.3, 0.4) is 0 Å². The third-order valence-electron chi connectivity index (χ3n) is 4.95. The maximum Gasteiger partial charge on any atom is 0.267 e. The Morgan fingerprint density at radius 1 is 1.31 bits per heavy atom. The fourth-order valence-corrected chi connectivity index (χ4v) is 4.56. The van der Waals surface area contributed by atoms with Crippen LogP contribution in [-0.2, 0) is 16.1 Å². The van der Waals surface area contributed by atoms with Gasteiger partial charge in [0.15, 0.2) is 0 Å². The minimum Gasteiger partial charge on any atom is -0.467 e. The number of thioether (sulfide) groups is 1. The second-order valence-corrected chi connectivity index (χ2v) is 8.86. The quantitative estimate of drug-likeness (QED) is 0.304. The van der Waals surface area contributed by atoms with Gasteiger partial charge >= 0.3 is 0 Å². The number of aromatic nitrogens is 2. The first-order valence-electron chi connectivity index (χ1n) is 10.0. The average Bonchev–Trinajstić information content (AvgIpc) is 3.38. The van der Waals surface area contributed by atoms with Crippen LogP contribution >= 0.6 is 24.0 Å². The summed E-state index contributed by atoms with van der Waals surface area (Å²) >= 11 is 6.56. The maximum absolute atomic E-state index is 13.3. The first-order valence-corrected chi connectivity index (χ1v) is 11.2. The number of carbonyl (C=O) groups is 1. The van der Waals surface area contributed by atoms with Crippen molar-refractivity contribution < 1.29 is 13.9 Å². The number of amides is 1. The summed E-state index contributed by atoms with van der Waals surface area (Å²) in [6.45, 7) is 3.29. The highest BCUT2D eigenvalue weighted by Crippen LogP contribution is 2.34. The number of aryl methyl sites for hydroxylation is 1. The molecule has 0 aliphatic carbocycles. The van der Waals surface area contributed by atoms with Crippen molar-refractivity contribution in [1.82, 2.24) is 14.3 Å². The molecule has 8 nitrogen and oxygen atoms in total. The number of methoxy groups -OCH3 is 1. The van der Waals surface area contributed by atoms with Gasteiger partial charge in [-0.15, -0.1) is 0 Å². The zero-order valence-electron chi connectivity index (χ0n) is 17.7. The highest BCUT2D eigenvalue weighted by molar-refractivity contribution is 8.26. The summed E-state index contributed by atoms with van der Waals surface area (Å²) in [7, 11) is 1.64. The van der Waals surface area contributed by atoms with E-state index >= 15 is 0 Å². The zero-order valence-corrected chi connectivity index (χ0v) is 19.3. The molecule has 1 aliphatic rings. The fraction of sp³-hybridized carbons (Fsp3) is 0.273. The second kappa shape index (κ2) is 9.68. The van der Waals surface area contributed by atoms with Crippen molar-refractivity contribution >= 4 is 51.7 Å². The van der Waals surface area contributed by atoms with Crippen molar-refractivity contribution in [2.45, 2.75) is 19.9 Å². The number of rotatable bonds is 8. The zero-order chi connectivity index (χ0) is 22.7. The van der Waals surface area contributed by atoms with Gasteiger partial charge in [-0.25, -0.2) is 4.98 Å². The molecule has 0 unspecified atom stereocenters. The van der Waals surface area contributed by atoms with Crippen LogP contribution in [0.15, 0.2) is 50.8 Å². The number of pyridine rings is 1. The van der Waals surface area contributed by atoms with Crippen LogP contribution in [0.4, 0.5) is 5.82 Å². The minimum atomic E-state index is -0.268. The van der Waals surface area contributed by atoms with Crippen molar-refractivity contribution in [1.29, 1.82) is 0 Å². The lowest BCUT2D eigenvalue weighted by Gasteiger charge is -2.13. The number of nitrogens with one attached hydrogen (secondary N) is 1. The van der Waals surface area contributed by atoms with Gasteiger partial charge in [0, 0.05) is 26.5 Å². The van der Waals surface area contributed by atoms with E-state index in [2.05, 4.69) is 10.3 Å². The molecule has 1 fully saturated rings. The molecule has 166 valence electrons. The molecule has 4 heterocycles. The van der Waals surface area contributed by atoms with Crippen molar-refractivity contribution in [2.75, 3.05) is 25.6 Å². The average molecular weight is 471 g/mol. The third-order valence-corrected chi connectivity index (χ3v) is 6.32. The Balaban J connectivity index is 1.73. The largest absolute Gasteiger partial charge is 0.467 e. The summed E-state index contributed by atoms with van der Waals surface area (Å²) in [6, 6.07) is 7.24. The summed E-state index contributed by atoms with van der Waals surface area (Å²) in [5.41, 5.74) is 1.49. The van der Waals surface area contributed by atoms with Gasteiger partial charge < -0.3 is 14.5 Å². The Morgan fingerprint density at radius 2 is 2.16 bits per heavy atom. The number of hydrogen-bond acceptors (Lipinski definition) is 8. The molecule has 1 saturated heterocycles. The number of fused-ring (bicyclic) bond motifs is 1. The van der Waals surface area contributed by atoms with E-state index in [0.29, 0.717) is 45.2 Å². The van der Waals surface area contributed by atoms with Crippen LogP contribution in [0.1, 0.15) is 23.3 Å². The minimum absolute atomic E-state index is 0.241. The molecule has 1 amide bonds. The monoisotopic (exact) mass is 470 g/mol. The lowest BCUT2D eigenvalue weighted by atomic mass is 10.2. The first-order chi connectivity index (χ1) is 15.5. The highest BCUT2D eigenvalue weighted by Gasteiger charge is 2.33. The molecule has 1 aliphatic heterocycles. The van der Waals surface area contributed by atoms with Crippen LogP contribution in [0.25, 0.3) is 11.7 Å². The molecule has 3 aromatic rings. The van der Waals surface area contributed by atoms with Gasteiger partial charge in [0.25, 0.3) is 11.5 Å². The number of hydrogen-bond donors (Lipinski definition) is 1. The molecular weight excluding hydrogens is 448 g/mol. The van der Waals surface area contributed by atoms with Crippen molar-refractivity contribution in [3.63, 3.8) is 0 Å². The molecule has 0 radical (unpaired) electrons. The molecule has 1 N–H and O–H groups in total. The van der Waals surface area contributed by atoms with Crippen LogP contribution in [0, 0.1) is 6.92 Å². The molecule has 0 spiro atoms. The molecule has 0 atom stereocenters. The molecule has 0 saturated carbocycles. The van der Waals surface area contributed by atoms with Gasteiger partial charge in [-0.2, -0.15) is 0 Å². The number of thiocarbonyl (C=S) groups is 1. The smallest absolute Gasteiger partial charge is 0.267 e. The molecule has 10 heteroatoms. The molecular formula is C22H22N4O4S2. The van der Waals surface area contributed by atoms with Gasteiger partial charge in [-0.05, 0) is 43.2 Å². The summed E-state index contributed by atoms with van der Waals surface area (Å²) < 4.78 is 12.3. The Bertz CT molecular complexity index is 1250. The van der Waals surface area contributed by atoms with E-state index in [1.807, 2.05) is 13.0 Å². The molecule has 0 bridgehead atoms. The predicted molar refractivity (Wildman–Crippen MR) is 129 cm³/mol. The van der Waals surface area contributed by atoms with Crippen LogP contribution in [-0.4, -0.2) is 44.8 Å². The Kier molecular flexibility index (Phi) is 6.73.